The summed E-state index contributed by atoms with van der Waals surface area (Å²) < 4.78 is 26.0. The summed E-state index contributed by atoms with van der Waals surface area (Å²) in [6.45, 7) is 4.50. The topological polar surface area (TPSA) is 129 Å². The molecule has 0 spiro atoms. The fraction of sp³-hybridized carbons (Fsp3) is 0.375. The summed E-state index contributed by atoms with van der Waals surface area (Å²) >= 11 is 0. The summed E-state index contributed by atoms with van der Waals surface area (Å²) in [5.74, 6) is 0.170. The molecule has 0 aliphatic carbocycles. The van der Waals surface area contributed by atoms with E-state index in [-0.39, 0.29) is 30.4 Å². The molecular formula is C32H39N3O7S. The van der Waals surface area contributed by atoms with Crippen LogP contribution in [0, 0.1) is 5.92 Å². The van der Waals surface area contributed by atoms with E-state index in [9.17, 15) is 24.0 Å². The van der Waals surface area contributed by atoms with Gasteiger partial charge in [-0.1, -0.05) is 62.7 Å². The largest absolute Gasteiger partial charge is 0.506 e. The predicted octanol–water partition coefficient (Wildman–Crippen LogP) is 3.89. The van der Waals surface area contributed by atoms with Gasteiger partial charge in [0.2, 0.25) is 0 Å². The molecule has 1 fully saturated rings. The number of hydrogen-bond donors (Lipinski definition) is 3. The van der Waals surface area contributed by atoms with Gasteiger partial charge >= 0.3 is 6.09 Å². The first-order valence-electron chi connectivity index (χ1n) is 14.3. The summed E-state index contributed by atoms with van der Waals surface area (Å²) in [5, 5.41) is 24.6. The van der Waals surface area contributed by atoms with Crippen molar-refractivity contribution in [3.05, 3.63) is 84.4 Å². The zero-order valence-electron chi connectivity index (χ0n) is 24.6. The van der Waals surface area contributed by atoms with E-state index in [4.69, 9.17) is 9.47 Å². The molecule has 3 aromatic carbocycles. The van der Waals surface area contributed by atoms with Gasteiger partial charge in [-0.3, -0.25) is 9.69 Å². The van der Waals surface area contributed by atoms with Crippen LogP contribution in [0.25, 0.3) is 0 Å². The third-order valence-electron chi connectivity index (χ3n) is 7.47. The van der Waals surface area contributed by atoms with Crippen LogP contribution in [0.2, 0.25) is 0 Å². The predicted molar refractivity (Wildman–Crippen MR) is 164 cm³/mol. The molecule has 0 aromatic heterocycles. The molecule has 0 saturated carbocycles. The maximum Gasteiger partial charge on any atom is 0.415 e. The number of para-hydroxylation sites is 2. The minimum atomic E-state index is -1.58. The van der Waals surface area contributed by atoms with Gasteiger partial charge in [0.25, 0.3) is 5.91 Å². The van der Waals surface area contributed by atoms with Gasteiger partial charge in [0.1, 0.15) is 22.5 Å². The average molecular weight is 610 g/mol. The maximum absolute atomic E-state index is 13.7. The van der Waals surface area contributed by atoms with Gasteiger partial charge in [-0.15, -0.1) is 0 Å². The number of cyclic esters (lactones) is 1. The molecule has 4 rings (SSSR count). The molecule has 1 heterocycles. The number of rotatable bonds is 14. The molecule has 1 saturated heterocycles. The standard InChI is InChI=1S/C32H39N3O7S/c1-4-22(2)19-34(43(40)25-16-14-24(41-3)15-17-25)20-29(37)26(18-23-10-6-5-7-11-23)33-31(38)30-21-35(32(39)42-30)27-12-8-9-13-28(27)36/h5-17,22,26,29-30,36-37H,4,18-21H2,1-3H3,(H,33,38). The van der Waals surface area contributed by atoms with Crippen molar-refractivity contribution in [1.29, 1.82) is 0 Å². The number of hydrogen-bond acceptors (Lipinski definition) is 7. The number of benzene rings is 3. The van der Waals surface area contributed by atoms with Crippen molar-refractivity contribution in [3.8, 4) is 11.5 Å². The Morgan fingerprint density at radius 1 is 1.09 bits per heavy atom. The second-order valence-electron chi connectivity index (χ2n) is 10.6. The minimum Gasteiger partial charge on any atom is -0.506 e. The fourth-order valence-electron chi connectivity index (χ4n) is 4.78. The monoisotopic (exact) mass is 609 g/mol. The molecule has 11 heteroatoms. The molecule has 1 aliphatic rings. The molecule has 3 N–H and O–H groups in total. The van der Waals surface area contributed by atoms with Crippen molar-refractivity contribution < 1.29 is 33.5 Å². The van der Waals surface area contributed by atoms with Crippen LogP contribution < -0.4 is 15.0 Å². The van der Waals surface area contributed by atoms with Crippen LogP contribution in [0.3, 0.4) is 0 Å². The summed E-state index contributed by atoms with van der Waals surface area (Å²) in [7, 11) is -0.0157. The van der Waals surface area contributed by atoms with E-state index >= 15 is 0 Å². The Balaban J connectivity index is 1.53. The van der Waals surface area contributed by atoms with Crippen molar-refractivity contribution in [3.63, 3.8) is 0 Å². The zero-order chi connectivity index (χ0) is 30.9. The van der Waals surface area contributed by atoms with E-state index in [1.807, 2.05) is 30.3 Å². The molecule has 230 valence electrons. The van der Waals surface area contributed by atoms with Crippen LogP contribution in [0.4, 0.5) is 10.5 Å². The molecule has 5 unspecified atom stereocenters. The third kappa shape index (κ3) is 8.34. The number of anilines is 1. The van der Waals surface area contributed by atoms with E-state index < -0.39 is 41.2 Å². The molecule has 1 aliphatic heterocycles. The SMILES string of the molecule is CCC(C)CN(CC(O)C(Cc1ccccc1)NC(=O)C1CN(c2ccccc2O)C(=O)O1)S(=O)c1ccc(OC)cc1. The highest BCUT2D eigenvalue weighted by atomic mass is 32.2. The number of amides is 2. The number of phenolic OH excluding ortho intramolecular Hbond substituents is 1. The molecule has 43 heavy (non-hydrogen) atoms. The van der Waals surface area contributed by atoms with Gasteiger partial charge in [-0.25, -0.2) is 13.3 Å². The smallest absolute Gasteiger partial charge is 0.415 e. The second kappa shape index (κ2) is 15.0. The van der Waals surface area contributed by atoms with Crippen molar-refractivity contribution in [2.24, 2.45) is 5.92 Å². The molecule has 10 nitrogen and oxygen atoms in total. The van der Waals surface area contributed by atoms with Crippen LogP contribution in [0.5, 0.6) is 11.5 Å². The Morgan fingerprint density at radius 3 is 2.42 bits per heavy atom. The Kier molecular flexibility index (Phi) is 11.2. The average Bonchev–Trinajstić information content (AvgIpc) is 3.41. The number of methoxy groups -OCH3 is 1. The number of ether oxygens (including phenoxy) is 2. The first kappa shape index (κ1) is 32.0. The number of nitrogens with one attached hydrogen (secondary N) is 1. The van der Waals surface area contributed by atoms with Crippen molar-refractivity contribution in [2.75, 3.05) is 31.6 Å². The van der Waals surface area contributed by atoms with Crippen LogP contribution in [0.15, 0.2) is 83.8 Å². The number of aliphatic hydroxyl groups is 1. The van der Waals surface area contributed by atoms with Gasteiger partial charge < -0.3 is 25.0 Å². The summed E-state index contributed by atoms with van der Waals surface area (Å²) in [6, 6.07) is 21.9. The van der Waals surface area contributed by atoms with Crippen LogP contribution in [0.1, 0.15) is 25.8 Å². The van der Waals surface area contributed by atoms with Crippen LogP contribution in [-0.2, 0) is 26.9 Å². The number of aliphatic hydroxyl groups excluding tert-OH is 1. The van der Waals surface area contributed by atoms with Gasteiger partial charge in [0, 0.05) is 13.1 Å². The highest BCUT2D eigenvalue weighted by molar-refractivity contribution is 7.82. The number of aromatic hydroxyl groups is 1. The quantitative estimate of drug-likeness (QED) is 0.253. The summed E-state index contributed by atoms with van der Waals surface area (Å²) in [5.41, 5.74) is 1.13. The number of nitrogens with zero attached hydrogens (tertiary/aromatic N) is 2. The van der Waals surface area contributed by atoms with Gasteiger partial charge in [0.05, 0.1) is 36.4 Å². The first-order valence-corrected chi connectivity index (χ1v) is 15.4. The lowest BCUT2D eigenvalue weighted by atomic mass is 10.0. The van der Waals surface area contributed by atoms with E-state index in [0.29, 0.717) is 23.6 Å². The van der Waals surface area contributed by atoms with Gasteiger partial charge in [-0.05, 0) is 54.3 Å². The van der Waals surface area contributed by atoms with Crippen LogP contribution in [-0.4, -0.2) is 75.7 Å². The van der Waals surface area contributed by atoms with Crippen LogP contribution >= 0.6 is 0 Å². The molecule has 5 atom stereocenters. The molecule has 0 bridgehead atoms. The van der Waals surface area contributed by atoms with E-state index in [1.165, 1.54) is 11.0 Å². The van der Waals surface area contributed by atoms with Crippen molar-refractivity contribution >= 4 is 28.7 Å². The first-order chi connectivity index (χ1) is 20.7. The maximum atomic E-state index is 13.7. The Labute approximate surface area is 254 Å². The minimum absolute atomic E-state index is 0.0230. The zero-order valence-corrected chi connectivity index (χ0v) is 25.4. The van der Waals surface area contributed by atoms with Crippen molar-refractivity contribution in [1.82, 2.24) is 9.62 Å². The Morgan fingerprint density at radius 2 is 1.77 bits per heavy atom. The summed E-state index contributed by atoms with van der Waals surface area (Å²) in [6.07, 6.45) is -1.86. The third-order valence-corrected chi connectivity index (χ3v) is 8.91. The highest BCUT2D eigenvalue weighted by Gasteiger charge is 2.39. The molecular weight excluding hydrogens is 570 g/mol. The highest BCUT2D eigenvalue weighted by Crippen LogP contribution is 2.30. The normalized spacial score (nSPS) is 17.7. The lowest BCUT2D eigenvalue weighted by molar-refractivity contribution is -0.129. The number of carbonyl (C=O) groups is 2. The molecule has 0 radical (unpaired) electrons. The number of phenols is 1. The molecule has 3 aromatic rings. The lowest BCUT2D eigenvalue weighted by Crippen LogP contribution is -2.53. The van der Waals surface area contributed by atoms with E-state index in [0.717, 1.165) is 12.0 Å². The summed E-state index contributed by atoms with van der Waals surface area (Å²) in [4.78, 5) is 27.8. The van der Waals surface area contributed by atoms with E-state index in [2.05, 4.69) is 19.2 Å². The van der Waals surface area contributed by atoms with Gasteiger partial charge in [-0.2, -0.15) is 0 Å². The second-order valence-corrected chi connectivity index (χ2v) is 12.1. The van der Waals surface area contributed by atoms with E-state index in [1.54, 1.807) is 53.9 Å². The Hall–Kier alpha value is -3.93. The van der Waals surface area contributed by atoms with Gasteiger partial charge in [0.15, 0.2) is 6.10 Å². The molecule has 2 amide bonds. The lowest BCUT2D eigenvalue weighted by Gasteiger charge is -2.31. The van der Waals surface area contributed by atoms with Crippen molar-refractivity contribution in [2.45, 2.75) is 49.8 Å². The fourth-order valence-corrected chi connectivity index (χ4v) is 6.12. The Bertz CT molecular complexity index is 1390. The number of carbonyl (C=O) groups excluding carboxylic acids is 2.